The number of morpholine rings is 1. The van der Waals surface area contributed by atoms with Gasteiger partial charge in [-0.1, -0.05) is 6.07 Å². The normalized spacial score (nSPS) is 23.0. The molecule has 172 valence electrons. The Labute approximate surface area is 191 Å². The van der Waals surface area contributed by atoms with Gasteiger partial charge in [-0.05, 0) is 24.5 Å². The molecule has 9 nitrogen and oxygen atoms in total. The van der Waals surface area contributed by atoms with Crippen molar-refractivity contribution in [1.29, 1.82) is 0 Å². The molecule has 1 amide bonds. The summed E-state index contributed by atoms with van der Waals surface area (Å²) in [6.45, 7) is 5.81. The molecule has 6 heterocycles. The van der Waals surface area contributed by atoms with Crippen molar-refractivity contribution in [2.45, 2.75) is 25.4 Å². The smallest absolute Gasteiger partial charge is 0.255 e. The summed E-state index contributed by atoms with van der Waals surface area (Å²) < 4.78 is 9.14. The zero-order valence-electron chi connectivity index (χ0n) is 18.8. The van der Waals surface area contributed by atoms with Crippen molar-refractivity contribution < 1.29 is 9.53 Å². The molecule has 0 saturated carbocycles. The fraction of sp³-hybridized carbons (Fsp3) is 0.500. The van der Waals surface area contributed by atoms with Crippen LogP contribution in [0.4, 0.5) is 0 Å². The largest absolute Gasteiger partial charge is 0.379 e. The number of aryl methyl sites for hydroxylation is 1. The van der Waals surface area contributed by atoms with E-state index in [1.807, 2.05) is 28.6 Å². The van der Waals surface area contributed by atoms with Crippen LogP contribution in [0.15, 0.2) is 35.4 Å². The van der Waals surface area contributed by atoms with E-state index in [0.29, 0.717) is 31.7 Å². The van der Waals surface area contributed by atoms with E-state index in [9.17, 15) is 9.59 Å². The van der Waals surface area contributed by atoms with Gasteiger partial charge in [-0.15, -0.1) is 0 Å². The number of carbonyl (C=O) groups is 1. The van der Waals surface area contributed by atoms with Crippen LogP contribution in [0.3, 0.4) is 0 Å². The Kier molecular flexibility index (Phi) is 5.03. The Balaban J connectivity index is 1.24. The lowest BCUT2D eigenvalue weighted by Crippen LogP contribution is -2.49. The minimum atomic E-state index is 0.0000320. The van der Waals surface area contributed by atoms with E-state index in [0.717, 1.165) is 55.0 Å². The molecule has 3 aliphatic heterocycles. The predicted octanol–water partition coefficient (Wildman–Crippen LogP) is 1.22. The first kappa shape index (κ1) is 20.6. The predicted molar refractivity (Wildman–Crippen MR) is 122 cm³/mol. The molecule has 0 unspecified atom stereocenters. The zero-order valence-corrected chi connectivity index (χ0v) is 18.8. The van der Waals surface area contributed by atoms with Gasteiger partial charge in [0.05, 0.1) is 30.5 Å². The molecular formula is C24H28N6O3. The first-order chi connectivity index (χ1) is 16.1. The van der Waals surface area contributed by atoms with Crippen molar-refractivity contribution in [3.8, 4) is 0 Å². The quantitative estimate of drug-likeness (QED) is 0.599. The van der Waals surface area contributed by atoms with Crippen LogP contribution in [0.5, 0.6) is 0 Å². The molecule has 2 saturated heterocycles. The Hall–Kier alpha value is -3.04. The molecule has 0 spiro atoms. The van der Waals surface area contributed by atoms with Crippen LogP contribution in [0.1, 0.15) is 34.0 Å². The molecule has 0 aromatic carbocycles. The number of fused-ring (bicyclic) bond motifs is 5. The maximum atomic E-state index is 13.3. The van der Waals surface area contributed by atoms with E-state index in [-0.39, 0.29) is 23.3 Å². The topological polar surface area (TPSA) is 85.5 Å². The van der Waals surface area contributed by atoms with Gasteiger partial charge in [0, 0.05) is 69.7 Å². The number of aromatic nitrogens is 4. The SMILES string of the molecule is Cn1ncc2ncc(C(=O)N3C[C@@H]4C[C@H](C3)c3ccc(CN5CCOCC5)c(=O)n3C4)cc21. The van der Waals surface area contributed by atoms with Crippen LogP contribution in [-0.4, -0.2) is 74.4 Å². The third-order valence-corrected chi connectivity index (χ3v) is 7.31. The van der Waals surface area contributed by atoms with Gasteiger partial charge in [-0.3, -0.25) is 24.2 Å². The van der Waals surface area contributed by atoms with E-state index in [2.05, 4.69) is 21.0 Å². The number of rotatable bonds is 3. The van der Waals surface area contributed by atoms with Crippen molar-refractivity contribution in [3.63, 3.8) is 0 Å². The maximum Gasteiger partial charge on any atom is 0.255 e. The fourth-order valence-corrected chi connectivity index (χ4v) is 5.60. The van der Waals surface area contributed by atoms with Gasteiger partial charge in [-0.25, -0.2) is 0 Å². The number of piperidine rings is 1. The molecule has 3 aromatic rings. The summed E-state index contributed by atoms with van der Waals surface area (Å²) in [6, 6.07) is 5.97. The second kappa shape index (κ2) is 8.07. The number of likely N-dealkylation sites (tertiary alicyclic amines) is 1. The summed E-state index contributed by atoms with van der Waals surface area (Å²) in [5.41, 5.74) is 4.25. The Morgan fingerprint density at radius 3 is 2.85 bits per heavy atom. The lowest BCUT2D eigenvalue weighted by Gasteiger charge is -2.43. The molecular weight excluding hydrogens is 420 g/mol. The van der Waals surface area contributed by atoms with Gasteiger partial charge in [0.25, 0.3) is 11.5 Å². The Bertz CT molecular complexity index is 1270. The summed E-state index contributed by atoms with van der Waals surface area (Å²) in [5.74, 6) is 0.463. The van der Waals surface area contributed by atoms with Crippen LogP contribution in [-0.2, 0) is 24.9 Å². The van der Waals surface area contributed by atoms with Crippen molar-refractivity contribution in [2.24, 2.45) is 13.0 Å². The molecule has 9 heteroatoms. The number of hydrogen-bond donors (Lipinski definition) is 0. The number of ether oxygens (including phenoxy) is 1. The summed E-state index contributed by atoms with van der Waals surface area (Å²) in [4.78, 5) is 35.3. The van der Waals surface area contributed by atoms with Crippen LogP contribution in [0, 0.1) is 5.92 Å². The summed E-state index contributed by atoms with van der Waals surface area (Å²) in [7, 11) is 1.85. The van der Waals surface area contributed by atoms with Gasteiger partial charge in [-0.2, -0.15) is 5.10 Å². The highest BCUT2D eigenvalue weighted by molar-refractivity contribution is 5.96. The molecule has 33 heavy (non-hydrogen) atoms. The van der Waals surface area contributed by atoms with Crippen LogP contribution in [0.2, 0.25) is 0 Å². The van der Waals surface area contributed by atoms with Crippen molar-refractivity contribution >= 4 is 16.9 Å². The Morgan fingerprint density at radius 2 is 2.00 bits per heavy atom. The number of amides is 1. The lowest BCUT2D eigenvalue weighted by atomic mass is 9.82. The third-order valence-electron chi connectivity index (χ3n) is 7.31. The molecule has 2 fully saturated rings. The van der Waals surface area contributed by atoms with E-state index in [1.165, 1.54) is 0 Å². The molecule has 3 aliphatic rings. The third kappa shape index (κ3) is 3.65. The molecule has 6 rings (SSSR count). The Morgan fingerprint density at radius 1 is 1.15 bits per heavy atom. The molecule has 0 aliphatic carbocycles. The monoisotopic (exact) mass is 448 g/mol. The summed E-state index contributed by atoms with van der Waals surface area (Å²) in [6.07, 6.45) is 4.37. The average Bonchev–Trinajstić information content (AvgIpc) is 3.21. The molecule has 2 bridgehead atoms. The van der Waals surface area contributed by atoms with Crippen LogP contribution >= 0.6 is 0 Å². The standard InChI is InChI=1S/C24H28N6O3/c1-27-22-9-18(10-25-20(22)11-26-27)23(31)29-12-16-8-19(15-29)21-3-2-17(24(32)30(21)13-16)14-28-4-6-33-7-5-28/h2-3,9-11,16,19H,4-8,12-15H2,1H3/t16-,19+/m0/s1. The molecule has 0 radical (unpaired) electrons. The number of pyridine rings is 2. The van der Waals surface area contributed by atoms with Gasteiger partial charge in [0.15, 0.2) is 0 Å². The van der Waals surface area contributed by atoms with Crippen molar-refractivity contribution in [3.05, 3.63) is 57.8 Å². The second-order valence-electron chi connectivity index (χ2n) is 9.49. The highest BCUT2D eigenvalue weighted by Crippen LogP contribution is 2.35. The van der Waals surface area contributed by atoms with Gasteiger partial charge in [0.1, 0.15) is 5.52 Å². The first-order valence-electron chi connectivity index (χ1n) is 11.7. The van der Waals surface area contributed by atoms with Crippen LogP contribution < -0.4 is 5.56 Å². The first-order valence-corrected chi connectivity index (χ1v) is 11.7. The lowest BCUT2D eigenvalue weighted by molar-refractivity contribution is 0.0338. The number of nitrogens with zero attached hydrogens (tertiary/aromatic N) is 6. The van der Waals surface area contributed by atoms with E-state index < -0.39 is 0 Å². The van der Waals surface area contributed by atoms with Gasteiger partial charge >= 0.3 is 0 Å². The number of hydrogen-bond acceptors (Lipinski definition) is 6. The fourth-order valence-electron chi connectivity index (χ4n) is 5.60. The second-order valence-corrected chi connectivity index (χ2v) is 9.49. The van der Waals surface area contributed by atoms with Crippen molar-refractivity contribution in [1.82, 2.24) is 29.1 Å². The van der Waals surface area contributed by atoms with Crippen LogP contribution in [0.25, 0.3) is 11.0 Å². The zero-order chi connectivity index (χ0) is 22.5. The van der Waals surface area contributed by atoms with E-state index in [4.69, 9.17) is 4.74 Å². The van der Waals surface area contributed by atoms with E-state index in [1.54, 1.807) is 17.1 Å². The van der Waals surface area contributed by atoms with Gasteiger partial charge < -0.3 is 14.2 Å². The van der Waals surface area contributed by atoms with Crippen molar-refractivity contribution in [2.75, 3.05) is 39.4 Å². The van der Waals surface area contributed by atoms with E-state index >= 15 is 0 Å². The average molecular weight is 449 g/mol. The summed E-state index contributed by atoms with van der Waals surface area (Å²) >= 11 is 0. The molecule has 2 atom stereocenters. The minimum Gasteiger partial charge on any atom is -0.379 e. The van der Waals surface area contributed by atoms with Gasteiger partial charge in [0.2, 0.25) is 0 Å². The molecule has 0 N–H and O–H groups in total. The highest BCUT2D eigenvalue weighted by atomic mass is 16.5. The highest BCUT2D eigenvalue weighted by Gasteiger charge is 2.37. The maximum absolute atomic E-state index is 13.3. The minimum absolute atomic E-state index is 0.0000320. The summed E-state index contributed by atoms with van der Waals surface area (Å²) in [5, 5.41) is 4.22. The number of carbonyl (C=O) groups excluding carboxylic acids is 1. The molecule has 3 aromatic heterocycles.